The largest absolute Gasteiger partial charge is 0.353 e. The van der Waals surface area contributed by atoms with Crippen LogP contribution < -0.4 is 4.90 Å². The number of hydrogen-bond acceptors (Lipinski definition) is 6. The summed E-state index contributed by atoms with van der Waals surface area (Å²) in [6.07, 6.45) is 9.32. The molecule has 0 unspecified atom stereocenters. The van der Waals surface area contributed by atoms with Crippen LogP contribution in [0.2, 0.25) is 0 Å². The molecule has 0 amide bonds. The predicted octanol–water partition coefficient (Wildman–Crippen LogP) is 5.52. The molecule has 0 bridgehead atoms. The van der Waals surface area contributed by atoms with Crippen LogP contribution in [0.25, 0.3) is 5.57 Å². The van der Waals surface area contributed by atoms with Crippen LogP contribution in [0, 0.1) is 6.92 Å². The van der Waals surface area contributed by atoms with E-state index in [9.17, 15) is 4.79 Å². The van der Waals surface area contributed by atoms with E-state index in [-0.39, 0.29) is 0 Å². The number of nitrogens with zero attached hydrogens (tertiary/aromatic N) is 5. The lowest BCUT2D eigenvalue weighted by atomic mass is 10.0. The van der Waals surface area contributed by atoms with Gasteiger partial charge in [0.2, 0.25) is 0 Å². The molecule has 6 heteroatoms. The summed E-state index contributed by atoms with van der Waals surface area (Å²) in [5.41, 5.74) is 7.22. The zero-order valence-electron chi connectivity index (χ0n) is 23.5. The molecule has 3 rings (SSSR count). The van der Waals surface area contributed by atoms with Gasteiger partial charge >= 0.3 is 0 Å². The Morgan fingerprint density at radius 1 is 1.14 bits per heavy atom. The summed E-state index contributed by atoms with van der Waals surface area (Å²) in [6.45, 7) is 13.1. The van der Waals surface area contributed by atoms with Crippen LogP contribution in [0.5, 0.6) is 0 Å². The third-order valence-corrected chi connectivity index (χ3v) is 6.84. The fraction of sp³-hybridized carbons (Fsp3) is 0.452. The first kappa shape index (κ1) is 28.3. The number of anilines is 1. The molecule has 37 heavy (non-hydrogen) atoms. The molecular weight excluding hydrogens is 458 g/mol. The van der Waals surface area contributed by atoms with Gasteiger partial charge in [-0.3, -0.25) is 0 Å². The second-order valence-corrected chi connectivity index (χ2v) is 10.1. The highest BCUT2D eigenvalue weighted by Gasteiger charge is 2.22. The minimum Gasteiger partial charge on any atom is -0.353 e. The lowest BCUT2D eigenvalue weighted by Crippen LogP contribution is -2.46. The van der Waals surface area contributed by atoms with Crippen molar-refractivity contribution >= 4 is 23.9 Å². The normalized spacial score (nSPS) is 15.5. The summed E-state index contributed by atoms with van der Waals surface area (Å²) in [5, 5.41) is 0. The number of carbonyl (C=O) groups excluding carboxylic acids is 1. The van der Waals surface area contributed by atoms with Crippen molar-refractivity contribution in [2.45, 2.75) is 53.5 Å². The van der Waals surface area contributed by atoms with E-state index < -0.39 is 0 Å². The fourth-order valence-electron chi connectivity index (χ4n) is 4.73. The number of aryl methyl sites for hydroxylation is 2. The third-order valence-electron chi connectivity index (χ3n) is 6.84. The summed E-state index contributed by atoms with van der Waals surface area (Å²) in [4.78, 5) is 27.5. The first-order chi connectivity index (χ1) is 17.9. The van der Waals surface area contributed by atoms with Crippen molar-refractivity contribution < 1.29 is 4.79 Å². The van der Waals surface area contributed by atoms with Gasteiger partial charge in [-0.05, 0) is 87.2 Å². The van der Waals surface area contributed by atoms with Crippen molar-refractivity contribution in [2.24, 2.45) is 4.99 Å². The van der Waals surface area contributed by atoms with Crippen LogP contribution in [-0.2, 0) is 17.8 Å². The highest BCUT2D eigenvalue weighted by molar-refractivity contribution is 6.10. The van der Waals surface area contributed by atoms with E-state index >= 15 is 0 Å². The molecule has 1 saturated heterocycles. The SMILES string of the molecule is C\C=C(/C=N/C(=C(\C)CC)N1CCN(c2ncc(CCC=O)cc2C)CC1)c1cccc(CN(C)C)c1. The molecule has 2 aromatic rings. The van der Waals surface area contributed by atoms with Crippen LogP contribution in [0.4, 0.5) is 5.82 Å². The maximum atomic E-state index is 10.7. The van der Waals surface area contributed by atoms with Gasteiger partial charge < -0.3 is 19.5 Å². The van der Waals surface area contributed by atoms with Crippen molar-refractivity contribution in [1.29, 1.82) is 0 Å². The Hall–Kier alpha value is -3.25. The molecule has 0 aliphatic carbocycles. The lowest BCUT2D eigenvalue weighted by Gasteiger charge is -2.38. The van der Waals surface area contributed by atoms with Crippen molar-refractivity contribution in [3.8, 4) is 0 Å². The molecule has 0 radical (unpaired) electrons. The number of aromatic nitrogens is 1. The minimum absolute atomic E-state index is 0.544. The number of pyridine rings is 1. The molecule has 6 nitrogen and oxygen atoms in total. The third kappa shape index (κ3) is 7.86. The first-order valence-corrected chi connectivity index (χ1v) is 13.4. The van der Waals surface area contributed by atoms with E-state index in [0.29, 0.717) is 6.42 Å². The van der Waals surface area contributed by atoms with Gasteiger partial charge in [0.25, 0.3) is 0 Å². The smallest absolute Gasteiger partial charge is 0.131 e. The van der Waals surface area contributed by atoms with Crippen LogP contribution in [0.1, 0.15) is 55.9 Å². The molecule has 0 spiro atoms. The summed E-state index contributed by atoms with van der Waals surface area (Å²) < 4.78 is 0. The maximum Gasteiger partial charge on any atom is 0.131 e. The van der Waals surface area contributed by atoms with E-state index in [2.05, 4.69) is 92.9 Å². The summed E-state index contributed by atoms with van der Waals surface area (Å²) in [7, 11) is 4.19. The van der Waals surface area contributed by atoms with E-state index in [0.717, 1.165) is 74.6 Å². The van der Waals surface area contributed by atoms with Crippen molar-refractivity contribution in [3.63, 3.8) is 0 Å². The van der Waals surface area contributed by atoms with Crippen molar-refractivity contribution in [3.05, 3.63) is 76.3 Å². The Morgan fingerprint density at radius 2 is 1.89 bits per heavy atom. The maximum absolute atomic E-state index is 10.7. The van der Waals surface area contributed by atoms with E-state index in [1.165, 1.54) is 22.3 Å². The van der Waals surface area contributed by atoms with Crippen LogP contribution >= 0.6 is 0 Å². The van der Waals surface area contributed by atoms with E-state index in [1.54, 1.807) is 0 Å². The van der Waals surface area contributed by atoms with Gasteiger partial charge in [-0.15, -0.1) is 0 Å². The number of aldehydes is 1. The zero-order chi connectivity index (χ0) is 26.8. The number of rotatable bonds is 11. The highest BCUT2D eigenvalue weighted by Crippen LogP contribution is 2.24. The van der Waals surface area contributed by atoms with Gasteiger partial charge in [0.1, 0.15) is 17.9 Å². The average molecular weight is 502 g/mol. The number of piperazine rings is 1. The topological polar surface area (TPSA) is 52.0 Å². The summed E-state index contributed by atoms with van der Waals surface area (Å²) in [5.74, 6) is 2.13. The van der Waals surface area contributed by atoms with Crippen molar-refractivity contribution in [1.82, 2.24) is 14.8 Å². The van der Waals surface area contributed by atoms with Gasteiger partial charge in [0.05, 0.1) is 0 Å². The quantitative estimate of drug-likeness (QED) is 0.300. The highest BCUT2D eigenvalue weighted by atomic mass is 16.1. The first-order valence-electron chi connectivity index (χ1n) is 13.4. The van der Waals surface area contributed by atoms with Crippen molar-refractivity contribution in [2.75, 3.05) is 45.2 Å². The Balaban J connectivity index is 1.72. The lowest BCUT2D eigenvalue weighted by molar-refractivity contribution is -0.107. The molecule has 0 atom stereocenters. The van der Waals surface area contributed by atoms with Crippen LogP contribution in [0.3, 0.4) is 0 Å². The number of allylic oxidation sites excluding steroid dienone is 3. The zero-order valence-corrected chi connectivity index (χ0v) is 23.5. The fourth-order valence-corrected chi connectivity index (χ4v) is 4.73. The second-order valence-electron chi connectivity index (χ2n) is 10.1. The Bertz CT molecular complexity index is 1140. The Morgan fingerprint density at radius 3 is 2.51 bits per heavy atom. The Kier molecular flexibility index (Phi) is 10.6. The average Bonchev–Trinajstić information content (AvgIpc) is 2.90. The number of hydrogen-bond donors (Lipinski definition) is 0. The molecule has 198 valence electrons. The minimum atomic E-state index is 0.544. The van der Waals surface area contributed by atoms with E-state index in [4.69, 9.17) is 9.98 Å². The van der Waals surface area contributed by atoms with Gasteiger partial charge in [0.15, 0.2) is 0 Å². The molecule has 1 aromatic heterocycles. The number of benzene rings is 1. The molecule has 0 saturated carbocycles. The molecule has 1 aliphatic heterocycles. The molecular formula is C31H43N5O. The standard InChI is InChI=1S/C31H43N5O/c1-7-24(3)30(33-22-28(8-2)29-13-9-11-27(20-29)23-34(5)6)35-14-16-36(17-15-35)31-25(4)19-26(21-32-31)12-10-18-37/h8-9,11,13,18-22H,7,10,12,14-17,23H2,1-6H3/b28-8+,30-24-,33-22+. The monoisotopic (exact) mass is 501 g/mol. The number of carbonyl (C=O) groups is 1. The van der Waals surface area contributed by atoms with Gasteiger partial charge in [-0.2, -0.15) is 0 Å². The molecule has 2 heterocycles. The predicted molar refractivity (Wildman–Crippen MR) is 156 cm³/mol. The summed E-state index contributed by atoms with van der Waals surface area (Å²) >= 11 is 0. The second kappa shape index (κ2) is 13.9. The van der Waals surface area contributed by atoms with Crippen LogP contribution in [0.15, 0.2) is 59.0 Å². The number of aliphatic imine (C=N–C) groups is 1. The van der Waals surface area contributed by atoms with Gasteiger partial charge in [-0.1, -0.05) is 37.3 Å². The summed E-state index contributed by atoms with van der Waals surface area (Å²) in [6, 6.07) is 10.9. The van der Waals surface area contributed by atoms with Gasteiger partial charge in [-0.25, -0.2) is 9.98 Å². The van der Waals surface area contributed by atoms with Crippen LogP contribution in [-0.4, -0.2) is 67.6 Å². The molecule has 0 N–H and O–H groups in total. The Labute approximate surface area is 223 Å². The molecule has 1 fully saturated rings. The van der Waals surface area contributed by atoms with Gasteiger partial charge in [0, 0.05) is 51.6 Å². The molecule has 1 aliphatic rings. The van der Waals surface area contributed by atoms with E-state index in [1.807, 2.05) is 12.4 Å². The molecule has 1 aromatic carbocycles.